The first-order valence-corrected chi connectivity index (χ1v) is 4.76. The van der Waals surface area contributed by atoms with Crippen LogP contribution in [0.2, 0.25) is 0 Å². The Kier molecular flexibility index (Phi) is 3.62. The molecule has 0 fully saturated rings. The van der Waals surface area contributed by atoms with E-state index >= 15 is 0 Å². The number of hydrogen-bond donors (Lipinski definition) is 2. The summed E-state index contributed by atoms with van der Waals surface area (Å²) in [5.74, 6) is 5.68. The van der Waals surface area contributed by atoms with Gasteiger partial charge in [-0.25, -0.2) is 10.8 Å². The molecule has 1 aromatic heterocycles. The maximum absolute atomic E-state index is 11.8. The number of pyridine rings is 1. The molecule has 0 aromatic carbocycles. The Bertz CT molecular complexity index is 334. The number of nitrogen functional groups attached to an aromatic ring is 1. The quantitative estimate of drug-likeness (QED) is 0.570. The third-order valence-electron chi connectivity index (χ3n) is 2.25. The van der Waals surface area contributed by atoms with Crippen molar-refractivity contribution in [2.24, 2.45) is 5.84 Å². The number of carbonyl (C=O) groups excluding carboxylic acids is 1. The summed E-state index contributed by atoms with van der Waals surface area (Å²) in [7, 11) is 1.77. The predicted molar refractivity (Wildman–Crippen MR) is 59.3 cm³/mol. The SMILES string of the molecule is CC(C)N(C)C(=O)c1ccc(NN)nc1. The number of nitrogens with zero attached hydrogens (tertiary/aromatic N) is 2. The Morgan fingerprint density at radius 3 is 2.60 bits per heavy atom. The second-order valence-electron chi connectivity index (χ2n) is 3.59. The normalized spacial score (nSPS) is 10.2. The van der Waals surface area contributed by atoms with Gasteiger partial charge in [-0.2, -0.15) is 0 Å². The summed E-state index contributed by atoms with van der Waals surface area (Å²) >= 11 is 0. The van der Waals surface area contributed by atoms with Crippen LogP contribution in [0, 0.1) is 0 Å². The van der Waals surface area contributed by atoms with Gasteiger partial charge >= 0.3 is 0 Å². The molecule has 0 saturated heterocycles. The molecule has 1 amide bonds. The van der Waals surface area contributed by atoms with Crippen LogP contribution in [0.1, 0.15) is 24.2 Å². The van der Waals surface area contributed by atoms with Gasteiger partial charge in [0, 0.05) is 19.3 Å². The van der Waals surface area contributed by atoms with Crippen LogP contribution >= 0.6 is 0 Å². The first-order chi connectivity index (χ1) is 7.06. The first kappa shape index (κ1) is 11.5. The number of rotatable bonds is 3. The summed E-state index contributed by atoms with van der Waals surface area (Å²) < 4.78 is 0. The molecule has 82 valence electrons. The van der Waals surface area contributed by atoms with E-state index in [9.17, 15) is 4.79 Å². The number of hydrogen-bond acceptors (Lipinski definition) is 4. The van der Waals surface area contributed by atoms with Crippen LogP contribution in [0.15, 0.2) is 18.3 Å². The maximum atomic E-state index is 11.8. The maximum Gasteiger partial charge on any atom is 0.255 e. The van der Waals surface area contributed by atoms with Gasteiger partial charge in [0.05, 0.1) is 5.56 Å². The zero-order chi connectivity index (χ0) is 11.4. The van der Waals surface area contributed by atoms with Gasteiger partial charge in [0.1, 0.15) is 5.82 Å². The topological polar surface area (TPSA) is 71.2 Å². The molecule has 0 radical (unpaired) electrons. The Labute approximate surface area is 89.3 Å². The number of aromatic nitrogens is 1. The van der Waals surface area contributed by atoms with Crippen molar-refractivity contribution in [3.05, 3.63) is 23.9 Å². The van der Waals surface area contributed by atoms with Gasteiger partial charge < -0.3 is 10.3 Å². The van der Waals surface area contributed by atoms with Crippen LogP contribution in [0.3, 0.4) is 0 Å². The molecule has 1 heterocycles. The number of nitrogens with two attached hydrogens (primary N) is 1. The Hall–Kier alpha value is -1.62. The average molecular weight is 208 g/mol. The van der Waals surface area contributed by atoms with E-state index in [0.29, 0.717) is 11.4 Å². The molecular formula is C10H16N4O. The van der Waals surface area contributed by atoms with Crippen LogP contribution in [0.5, 0.6) is 0 Å². The van der Waals surface area contributed by atoms with Crippen molar-refractivity contribution >= 4 is 11.7 Å². The molecule has 0 aliphatic heterocycles. The summed E-state index contributed by atoms with van der Waals surface area (Å²) in [5.41, 5.74) is 2.97. The second-order valence-corrected chi connectivity index (χ2v) is 3.59. The van der Waals surface area contributed by atoms with Crippen LogP contribution in [-0.2, 0) is 0 Å². The van der Waals surface area contributed by atoms with Crippen molar-refractivity contribution in [1.82, 2.24) is 9.88 Å². The van der Waals surface area contributed by atoms with Crippen molar-refractivity contribution < 1.29 is 4.79 Å². The molecule has 0 aliphatic carbocycles. The smallest absolute Gasteiger partial charge is 0.255 e. The van der Waals surface area contributed by atoms with Gasteiger partial charge in [0.15, 0.2) is 0 Å². The Morgan fingerprint density at radius 1 is 1.53 bits per heavy atom. The van der Waals surface area contributed by atoms with Crippen LogP contribution in [0.25, 0.3) is 0 Å². The predicted octanol–water partition coefficient (Wildman–Crippen LogP) is 0.848. The number of carbonyl (C=O) groups is 1. The van der Waals surface area contributed by atoms with E-state index in [-0.39, 0.29) is 11.9 Å². The van der Waals surface area contributed by atoms with Gasteiger partial charge in [0.2, 0.25) is 0 Å². The molecule has 0 saturated carbocycles. The average Bonchev–Trinajstić information content (AvgIpc) is 2.27. The van der Waals surface area contributed by atoms with Crippen molar-refractivity contribution in [3.8, 4) is 0 Å². The molecular weight excluding hydrogens is 192 g/mol. The van der Waals surface area contributed by atoms with Gasteiger partial charge in [-0.3, -0.25) is 4.79 Å². The van der Waals surface area contributed by atoms with Crippen molar-refractivity contribution in [2.45, 2.75) is 19.9 Å². The summed E-state index contributed by atoms with van der Waals surface area (Å²) in [5, 5.41) is 0. The molecule has 5 nitrogen and oxygen atoms in total. The molecule has 15 heavy (non-hydrogen) atoms. The van der Waals surface area contributed by atoms with Gasteiger partial charge in [-0.1, -0.05) is 0 Å². The summed E-state index contributed by atoms with van der Waals surface area (Å²) in [4.78, 5) is 17.5. The highest BCUT2D eigenvalue weighted by Gasteiger charge is 2.14. The lowest BCUT2D eigenvalue weighted by molar-refractivity contribution is 0.0754. The van der Waals surface area contributed by atoms with Crippen molar-refractivity contribution in [3.63, 3.8) is 0 Å². The second kappa shape index (κ2) is 4.75. The van der Waals surface area contributed by atoms with Crippen LogP contribution in [0.4, 0.5) is 5.82 Å². The highest BCUT2D eigenvalue weighted by molar-refractivity contribution is 5.94. The van der Waals surface area contributed by atoms with E-state index in [0.717, 1.165) is 0 Å². The molecule has 1 aromatic rings. The molecule has 0 aliphatic rings. The minimum Gasteiger partial charge on any atom is -0.339 e. The monoisotopic (exact) mass is 208 g/mol. The third-order valence-corrected chi connectivity index (χ3v) is 2.25. The zero-order valence-electron chi connectivity index (χ0n) is 9.19. The summed E-state index contributed by atoms with van der Waals surface area (Å²) in [6.45, 7) is 3.92. The number of anilines is 1. The van der Waals surface area contributed by atoms with Crippen molar-refractivity contribution in [1.29, 1.82) is 0 Å². The largest absolute Gasteiger partial charge is 0.339 e. The van der Waals surface area contributed by atoms with E-state index in [2.05, 4.69) is 10.4 Å². The van der Waals surface area contributed by atoms with E-state index < -0.39 is 0 Å². The highest BCUT2D eigenvalue weighted by Crippen LogP contribution is 2.07. The summed E-state index contributed by atoms with van der Waals surface area (Å²) in [6.07, 6.45) is 1.51. The van der Waals surface area contributed by atoms with E-state index in [1.54, 1.807) is 24.1 Å². The van der Waals surface area contributed by atoms with Crippen LogP contribution < -0.4 is 11.3 Å². The lowest BCUT2D eigenvalue weighted by Gasteiger charge is -2.21. The third kappa shape index (κ3) is 2.66. The highest BCUT2D eigenvalue weighted by atomic mass is 16.2. The summed E-state index contributed by atoms with van der Waals surface area (Å²) in [6, 6.07) is 3.54. The fourth-order valence-corrected chi connectivity index (χ4v) is 1.04. The Morgan fingerprint density at radius 2 is 2.20 bits per heavy atom. The van der Waals surface area contributed by atoms with Crippen molar-refractivity contribution in [2.75, 3.05) is 12.5 Å². The minimum atomic E-state index is -0.0407. The lowest BCUT2D eigenvalue weighted by atomic mass is 10.2. The zero-order valence-corrected chi connectivity index (χ0v) is 9.19. The van der Waals surface area contributed by atoms with Crippen LogP contribution in [-0.4, -0.2) is 28.9 Å². The molecule has 0 spiro atoms. The lowest BCUT2D eigenvalue weighted by Crippen LogP contribution is -2.33. The van der Waals surface area contributed by atoms with Gasteiger partial charge in [-0.05, 0) is 26.0 Å². The number of hydrazine groups is 1. The van der Waals surface area contributed by atoms with E-state index in [4.69, 9.17) is 5.84 Å². The molecule has 1 rings (SSSR count). The Balaban J connectivity index is 2.83. The number of amides is 1. The van der Waals surface area contributed by atoms with Gasteiger partial charge in [0.25, 0.3) is 5.91 Å². The fourth-order valence-electron chi connectivity index (χ4n) is 1.04. The minimum absolute atomic E-state index is 0.0407. The number of nitrogens with one attached hydrogen (secondary N) is 1. The molecule has 0 atom stereocenters. The molecule has 3 N–H and O–H groups in total. The standard InChI is InChI=1S/C10H16N4O/c1-7(2)14(3)10(15)8-4-5-9(13-11)12-6-8/h4-7H,11H2,1-3H3,(H,12,13). The molecule has 0 unspecified atom stereocenters. The first-order valence-electron chi connectivity index (χ1n) is 4.76. The fraction of sp³-hybridized carbons (Fsp3) is 0.400. The van der Waals surface area contributed by atoms with E-state index in [1.807, 2.05) is 13.8 Å². The molecule has 0 bridgehead atoms. The van der Waals surface area contributed by atoms with Gasteiger partial charge in [-0.15, -0.1) is 0 Å². The van der Waals surface area contributed by atoms with E-state index in [1.165, 1.54) is 6.20 Å². The molecule has 5 heteroatoms.